The maximum absolute atomic E-state index is 12.2. The molecule has 5 nitrogen and oxygen atoms in total. The summed E-state index contributed by atoms with van der Waals surface area (Å²) in [4.78, 5) is 37.3. The topological polar surface area (TPSA) is 63.7 Å². The number of esters is 1. The number of hydrogen-bond donors (Lipinski definition) is 0. The Morgan fingerprint density at radius 2 is 1.59 bits per heavy atom. The van der Waals surface area contributed by atoms with Gasteiger partial charge in [-0.25, -0.2) is 0 Å². The van der Waals surface area contributed by atoms with Crippen LogP contribution in [0.3, 0.4) is 0 Å². The number of nitrogens with zero attached hydrogens (tertiary/aromatic N) is 1. The Labute approximate surface area is 130 Å². The van der Waals surface area contributed by atoms with Gasteiger partial charge in [0.1, 0.15) is 0 Å². The summed E-state index contributed by atoms with van der Waals surface area (Å²) in [5.74, 6) is -0.465. The van der Waals surface area contributed by atoms with E-state index in [1.54, 1.807) is 31.2 Å². The van der Waals surface area contributed by atoms with Crippen LogP contribution in [0, 0.1) is 0 Å². The van der Waals surface area contributed by atoms with Crippen LogP contribution in [0.2, 0.25) is 0 Å². The molecule has 118 valence electrons. The molecule has 1 saturated heterocycles. The van der Waals surface area contributed by atoms with Gasteiger partial charge in [-0.05, 0) is 31.9 Å². The van der Waals surface area contributed by atoms with Gasteiger partial charge in [0.15, 0.2) is 5.78 Å². The molecule has 0 radical (unpaired) electrons. The van der Waals surface area contributed by atoms with Gasteiger partial charge in [0.25, 0.3) is 5.91 Å². The highest BCUT2D eigenvalue weighted by Gasteiger charge is 2.19. The lowest BCUT2D eigenvalue weighted by molar-refractivity contribution is -0.143. The molecule has 1 fully saturated rings. The molecule has 0 aliphatic carbocycles. The number of benzene rings is 1. The van der Waals surface area contributed by atoms with Crippen molar-refractivity contribution in [3.63, 3.8) is 0 Å². The summed E-state index contributed by atoms with van der Waals surface area (Å²) in [5.41, 5.74) is 1.12. The molecule has 0 aromatic heterocycles. The number of carbonyl (C=O) groups is 3. The van der Waals surface area contributed by atoms with E-state index in [-0.39, 0.29) is 30.5 Å². The van der Waals surface area contributed by atoms with Gasteiger partial charge in [-0.15, -0.1) is 0 Å². The van der Waals surface area contributed by atoms with Crippen LogP contribution in [0.25, 0.3) is 0 Å². The number of Topliss-reactive ketones (excluding diaryl/α,β-unsaturated/α-hetero) is 1. The SMILES string of the molecule is CCOC(=O)CCC(=O)c1ccc(C(=O)N2CCCC2)cc1. The molecular formula is C17H21NO4. The molecule has 1 aromatic rings. The highest BCUT2D eigenvalue weighted by molar-refractivity contribution is 5.99. The summed E-state index contributed by atoms with van der Waals surface area (Å²) in [6.45, 7) is 3.66. The van der Waals surface area contributed by atoms with Crippen molar-refractivity contribution >= 4 is 17.7 Å². The molecule has 0 unspecified atom stereocenters. The number of hydrogen-bond acceptors (Lipinski definition) is 4. The van der Waals surface area contributed by atoms with Gasteiger partial charge in [0.2, 0.25) is 0 Å². The highest BCUT2D eigenvalue weighted by atomic mass is 16.5. The largest absolute Gasteiger partial charge is 0.466 e. The second-order valence-corrected chi connectivity index (χ2v) is 5.30. The molecule has 1 amide bonds. The monoisotopic (exact) mass is 303 g/mol. The van der Waals surface area contributed by atoms with E-state index in [0.717, 1.165) is 25.9 Å². The Balaban J connectivity index is 1.92. The molecule has 0 bridgehead atoms. The van der Waals surface area contributed by atoms with Gasteiger partial charge < -0.3 is 9.64 Å². The van der Waals surface area contributed by atoms with Crippen molar-refractivity contribution in [1.29, 1.82) is 0 Å². The standard InChI is InChI=1S/C17H21NO4/c1-2-22-16(20)10-9-15(19)13-5-7-14(8-6-13)17(21)18-11-3-4-12-18/h5-8H,2-4,9-12H2,1H3. The number of carbonyl (C=O) groups excluding carboxylic acids is 3. The van der Waals surface area contributed by atoms with Crippen molar-refractivity contribution in [2.45, 2.75) is 32.6 Å². The molecule has 0 N–H and O–H groups in total. The van der Waals surface area contributed by atoms with E-state index in [1.165, 1.54) is 0 Å². The van der Waals surface area contributed by atoms with Crippen molar-refractivity contribution in [2.24, 2.45) is 0 Å². The lowest BCUT2D eigenvalue weighted by Crippen LogP contribution is -2.27. The second-order valence-electron chi connectivity index (χ2n) is 5.30. The Hall–Kier alpha value is -2.17. The summed E-state index contributed by atoms with van der Waals surface area (Å²) in [6.07, 6.45) is 2.31. The van der Waals surface area contributed by atoms with Gasteiger partial charge >= 0.3 is 5.97 Å². The summed E-state index contributed by atoms with van der Waals surface area (Å²) in [7, 11) is 0. The normalized spacial score (nSPS) is 14.0. The van der Waals surface area contributed by atoms with Crippen LogP contribution in [0.5, 0.6) is 0 Å². The lowest BCUT2D eigenvalue weighted by atomic mass is 10.0. The second kappa shape index (κ2) is 7.73. The average Bonchev–Trinajstić information content (AvgIpc) is 3.07. The summed E-state index contributed by atoms with van der Waals surface area (Å²) in [6, 6.07) is 6.66. The van der Waals surface area contributed by atoms with Crippen molar-refractivity contribution < 1.29 is 19.1 Å². The quantitative estimate of drug-likeness (QED) is 0.598. The van der Waals surface area contributed by atoms with Gasteiger partial charge in [0.05, 0.1) is 13.0 Å². The average molecular weight is 303 g/mol. The third kappa shape index (κ3) is 4.16. The maximum Gasteiger partial charge on any atom is 0.306 e. The highest BCUT2D eigenvalue weighted by Crippen LogP contribution is 2.14. The lowest BCUT2D eigenvalue weighted by Gasteiger charge is -2.15. The van der Waals surface area contributed by atoms with Crippen LogP contribution >= 0.6 is 0 Å². The van der Waals surface area contributed by atoms with Gasteiger partial charge in [-0.2, -0.15) is 0 Å². The van der Waals surface area contributed by atoms with E-state index in [0.29, 0.717) is 17.7 Å². The fourth-order valence-corrected chi connectivity index (χ4v) is 2.49. The van der Waals surface area contributed by atoms with Gasteiger partial charge in [-0.1, -0.05) is 12.1 Å². The molecule has 1 heterocycles. The molecule has 0 spiro atoms. The van der Waals surface area contributed by atoms with Gasteiger partial charge in [0, 0.05) is 30.6 Å². The zero-order valence-corrected chi connectivity index (χ0v) is 12.8. The first-order chi connectivity index (χ1) is 10.6. The van der Waals surface area contributed by atoms with Crippen LogP contribution in [-0.2, 0) is 9.53 Å². The Morgan fingerprint density at radius 1 is 1.00 bits per heavy atom. The number of likely N-dealkylation sites (tertiary alicyclic amines) is 1. The predicted molar refractivity (Wildman–Crippen MR) is 81.8 cm³/mol. The number of ether oxygens (including phenoxy) is 1. The van der Waals surface area contributed by atoms with E-state index < -0.39 is 0 Å². The molecule has 0 atom stereocenters. The number of amides is 1. The Kier molecular flexibility index (Phi) is 5.69. The summed E-state index contributed by atoms with van der Waals surface area (Å²) >= 11 is 0. The fraction of sp³-hybridized carbons (Fsp3) is 0.471. The van der Waals surface area contributed by atoms with Crippen molar-refractivity contribution in [3.05, 3.63) is 35.4 Å². The van der Waals surface area contributed by atoms with Crippen LogP contribution in [0.1, 0.15) is 53.3 Å². The zero-order valence-electron chi connectivity index (χ0n) is 12.8. The van der Waals surface area contributed by atoms with E-state index in [4.69, 9.17) is 4.74 Å². The first-order valence-corrected chi connectivity index (χ1v) is 7.70. The van der Waals surface area contributed by atoms with E-state index >= 15 is 0 Å². The first kappa shape index (κ1) is 16.2. The predicted octanol–water partition coefficient (Wildman–Crippen LogP) is 2.45. The first-order valence-electron chi connectivity index (χ1n) is 7.70. The van der Waals surface area contributed by atoms with Crippen molar-refractivity contribution in [2.75, 3.05) is 19.7 Å². The van der Waals surface area contributed by atoms with E-state index in [1.807, 2.05) is 4.90 Å². The van der Waals surface area contributed by atoms with Crippen LogP contribution < -0.4 is 0 Å². The molecular weight excluding hydrogens is 282 g/mol. The molecule has 1 aliphatic heterocycles. The fourth-order valence-electron chi connectivity index (χ4n) is 2.49. The van der Waals surface area contributed by atoms with Crippen molar-refractivity contribution in [1.82, 2.24) is 4.90 Å². The Morgan fingerprint density at radius 3 is 2.18 bits per heavy atom. The third-order valence-corrected chi connectivity index (χ3v) is 3.71. The molecule has 2 rings (SSSR count). The van der Waals surface area contributed by atoms with Crippen LogP contribution in [0.4, 0.5) is 0 Å². The molecule has 5 heteroatoms. The van der Waals surface area contributed by atoms with E-state index in [9.17, 15) is 14.4 Å². The Bertz CT molecular complexity index is 544. The summed E-state index contributed by atoms with van der Waals surface area (Å²) in [5, 5.41) is 0. The minimum absolute atomic E-state index is 0.0167. The zero-order chi connectivity index (χ0) is 15.9. The van der Waals surface area contributed by atoms with E-state index in [2.05, 4.69) is 0 Å². The van der Waals surface area contributed by atoms with Crippen LogP contribution in [-0.4, -0.2) is 42.3 Å². The molecule has 1 aliphatic rings. The molecule has 22 heavy (non-hydrogen) atoms. The number of rotatable bonds is 6. The minimum Gasteiger partial charge on any atom is -0.466 e. The molecule has 0 saturated carbocycles. The molecule has 1 aromatic carbocycles. The summed E-state index contributed by atoms with van der Waals surface area (Å²) < 4.78 is 4.79. The van der Waals surface area contributed by atoms with Gasteiger partial charge in [-0.3, -0.25) is 14.4 Å². The van der Waals surface area contributed by atoms with Crippen molar-refractivity contribution in [3.8, 4) is 0 Å². The maximum atomic E-state index is 12.2. The smallest absolute Gasteiger partial charge is 0.306 e. The van der Waals surface area contributed by atoms with Crippen LogP contribution in [0.15, 0.2) is 24.3 Å². The third-order valence-electron chi connectivity index (χ3n) is 3.71. The minimum atomic E-state index is -0.364. The number of ketones is 1.